The van der Waals surface area contributed by atoms with E-state index in [-0.39, 0.29) is 12.2 Å². The molecule has 0 amide bonds. The summed E-state index contributed by atoms with van der Waals surface area (Å²) in [5.41, 5.74) is 7.24. The molecular weight excluding hydrogens is 430 g/mol. The van der Waals surface area contributed by atoms with Gasteiger partial charge in [0, 0.05) is 6.04 Å². The molecule has 2 aromatic carbocycles. The van der Waals surface area contributed by atoms with Gasteiger partial charge in [0.1, 0.15) is 6.17 Å². The Bertz CT molecular complexity index is 929. The first-order valence-corrected chi connectivity index (χ1v) is 11.0. The van der Waals surface area contributed by atoms with Gasteiger partial charge in [-0.1, -0.05) is 52.3 Å². The van der Waals surface area contributed by atoms with Crippen molar-refractivity contribution in [2.24, 2.45) is 5.92 Å². The van der Waals surface area contributed by atoms with Crippen LogP contribution in [0, 0.1) is 5.92 Å². The molecule has 2 aromatic rings. The van der Waals surface area contributed by atoms with E-state index in [1.807, 2.05) is 12.1 Å². The minimum absolute atomic E-state index is 0.114. The molecule has 5 nitrogen and oxygen atoms in total. The van der Waals surface area contributed by atoms with Gasteiger partial charge in [-0.3, -0.25) is 5.32 Å². The van der Waals surface area contributed by atoms with Crippen molar-refractivity contribution in [1.29, 1.82) is 0 Å². The van der Waals surface area contributed by atoms with Crippen molar-refractivity contribution < 1.29 is 9.47 Å². The number of fused-ring (bicyclic) bond motifs is 1. The topological polar surface area (TPSA) is 45.8 Å². The molecule has 29 heavy (non-hydrogen) atoms. The second-order valence-electron chi connectivity index (χ2n) is 7.99. The van der Waals surface area contributed by atoms with Crippen molar-refractivity contribution in [3.8, 4) is 11.5 Å². The van der Waals surface area contributed by atoms with Gasteiger partial charge < -0.3 is 14.9 Å². The Hall–Kier alpha value is -2.02. The average Bonchev–Trinajstić information content (AvgIpc) is 3.57. The number of hydrazine groups is 1. The van der Waals surface area contributed by atoms with E-state index >= 15 is 0 Å². The van der Waals surface area contributed by atoms with Crippen LogP contribution in [0.25, 0.3) is 5.70 Å². The Morgan fingerprint density at radius 3 is 2.45 bits per heavy atom. The van der Waals surface area contributed by atoms with Crippen LogP contribution < -0.4 is 20.2 Å². The first kappa shape index (κ1) is 19.0. The minimum atomic E-state index is 0.114. The Kier molecular flexibility index (Phi) is 5.02. The van der Waals surface area contributed by atoms with E-state index in [9.17, 15) is 0 Å². The van der Waals surface area contributed by atoms with Gasteiger partial charge in [-0.2, -0.15) is 5.01 Å². The highest BCUT2D eigenvalue weighted by Gasteiger charge is 2.46. The molecule has 0 radical (unpaired) electrons. The van der Waals surface area contributed by atoms with E-state index in [1.54, 1.807) is 14.2 Å². The quantitative estimate of drug-likeness (QED) is 0.698. The second kappa shape index (κ2) is 7.67. The molecule has 1 saturated heterocycles. The molecule has 0 aromatic heterocycles. The number of hydrogen-bond acceptors (Lipinski definition) is 5. The fourth-order valence-corrected chi connectivity index (χ4v) is 5.20. The van der Waals surface area contributed by atoms with Crippen LogP contribution in [0.15, 0.2) is 53.0 Å². The maximum atomic E-state index is 5.58. The summed E-state index contributed by atoms with van der Waals surface area (Å²) < 4.78 is 12.2. The molecule has 2 aliphatic heterocycles. The summed E-state index contributed by atoms with van der Waals surface area (Å²) in [5.74, 6) is 2.32. The fourth-order valence-electron chi connectivity index (χ4n) is 4.53. The van der Waals surface area contributed by atoms with Crippen LogP contribution in [0.2, 0.25) is 0 Å². The van der Waals surface area contributed by atoms with Crippen LogP contribution in [0.1, 0.15) is 36.4 Å². The van der Waals surface area contributed by atoms with Crippen LogP contribution in [-0.2, 0) is 0 Å². The zero-order chi connectivity index (χ0) is 20.0. The fraction of sp³-hybridized carbons (Fsp3) is 0.391. The van der Waals surface area contributed by atoms with Crippen molar-refractivity contribution >= 4 is 21.6 Å². The monoisotopic (exact) mass is 455 g/mol. The molecule has 6 heteroatoms. The Labute approximate surface area is 180 Å². The van der Waals surface area contributed by atoms with Crippen LogP contribution >= 0.6 is 15.9 Å². The molecule has 3 atom stereocenters. The third kappa shape index (κ3) is 3.43. The van der Waals surface area contributed by atoms with Gasteiger partial charge in [-0.15, -0.1) is 0 Å². The highest BCUT2D eigenvalue weighted by molar-refractivity contribution is 9.11. The Morgan fingerprint density at radius 2 is 1.76 bits per heavy atom. The van der Waals surface area contributed by atoms with Crippen molar-refractivity contribution in [1.82, 2.24) is 15.8 Å². The lowest BCUT2D eigenvalue weighted by Gasteiger charge is -2.43. The summed E-state index contributed by atoms with van der Waals surface area (Å²) in [4.78, 5) is 0. The largest absolute Gasteiger partial charge is 0.493 e. The SMILES string of the molecule is COc1ccc(C2CC(C3CC3)NC3C(Br)=C(c4ccccc4)NN32)cc1OC. The summed E-state index contributed by atoms with van der Waals surface area (Å²) in [7, 11) is 3.37. The number of rotatable bonds is 5. The molecule has 0 spiro atoms. The van der Waals surface area contributed by atoms with Crippen LogP contribution in [0.4, 0.5) is 0 Å². The van der Waals surface area contributed by atoms with Gasteiger partial charge in [0.2, 0.25) is 0 Å². The molecule has 152 valence electrons. The molecular formula is C23H26BrN3O2. The molecule has 3 unspecified atom stereocenters. The maximum absolute atomic E-state index is 5.58. The van der Waals surface area contributed by atoms with Gasteiger partial charge in [-0.05, 0) is 48.4 Å². The molecule has 1 saturated carbocycles. The third-order valence-electron chi connectivity index (χ3n) is 6.23. The number of halogens is 1. The normalized spacial score (nSPS) is 26.8. The summed E-state index contributed by atoms with van der Waals surface area (Å²) in [6.45, 7) is 0. The summed E-state index contributed by atoms with van der Waals surface area (Å²) >= 11 is 3.90. The lowest BCUT2D eigenvalue weighted by atomic mass is 9.93. The highest BCUT2D eigenvalue weighted by atomic mass is 79.9. The molecule has 1 aliphatic carbocycles. The second-order valence-corrected chi connectivity index (χ2v) is 8.84. The lowest BCUT2D eigenvalue weighted by molar-refractivity contribution is 0.0466. The number of ether oxygens (including phenoxy) is 2. The summed E-state index contributed by atoms with van der Waals surface area (Å²) in [6.07, 6.45) is 3.82. The van der Waals surface area contributed by atoms with Crippen LogP contribution in [0.5, 0.6) is 11.5 Å². The van der Waals surface area contributed by atoms with E-state index in [0.717, 1.165) is 29.5 Å². The predicted molar refractivity (Wildman–Crippen MR) is 118 cm³/mol. The van der Waals surface area contributed by atoms with Gasteiger partial charge in [-0.25, -0.2) is 0 Å². The van der Waals surface area contributed by atoms with E-state index < -0.39 is 0 Å². The van der Waals surface area contributed by atoms with Crippen LogP contribution in [-0.4, -0.2) is 31.4 Å². The van der Waals surface area contributed by atoms with E-state index in [1.165, 1.54) is 28.5 Å². The molecule has 3 aliphatic rings. The summed E-state index contributed by atoms with van der Waals surface area (Å²) in [5, 5.41) is 6.22. The lowest BCUT2D eigenvalue weighted by Crippen LogP contribution is -2.58. The number of nitrogens with one attached hydrogen (secondary N) is 2. The third-order valence-corrected chi connectivity index (χ3v) is 7.06. The van der Waals surface area contributed by atoms with Gasteiger partial charge >= 0.3 is 0 Å². The molecule has 5 rings (SSSR count). The smallest absolute Gasteiger partial charge is 0.161 e. The molecule has 2 heterocycles. The zero-order valence-electron chi connectivity index (χ0n) is 16.7. The van der Waals surface area contributed by atoms with Gasteiger partial charge in [0.05, 0.1) is 30.4 Å². The van der Waals surface area contributed by atoms with Gasteiger partial charge in [0.25, 0.3) is 0 Å². The average molecular weight is 456 g/mol. The summed E-state index contributed by atoms with van der Waals surface area (Å²) in [6, 6.07) is 17.5. The zero-order valence-corrected chi connectivity index (χ0v) is 18.3. The first-order chi connectivity index (χ1) is 14.2. The maximum Gasteiger partial charge on any atom is 0.161 e. The number of benzene rings is 2. The first-order valence-electron chi connectivity index (χ1n) is 10.2. The van der Waals surface area contributed by atoms with Crippen molar-refractivity contribution in [2.75, 3.05) is 14.2 Å². The van der Waals surface area contributed by atoms with E-state index in [2.05, 4.69) is 68.1 Å². The Balaban J connectivity index is 1.51. The molecule has 0 bridgehead atoms. The molecule has 2 fully saturated rings. The minimum Gasteiger partial charge on any atom is -0.493 e. The Morgan fingerprint density at radius 1 is 1.00 bits per heavy atom. The van der Waals surface area contributed by atoms with Crippen molar-refractivity contribution in [3.05, 3.63) is 64.1 Å². The van der Waals surface area contributed by atoms with Crippen LogP contribution in [0.3, 0.4) is 0 Å². The van der Waals surface area contributed by atoms with Crippen molar-refractivity contribution in [3.63, 3.8) is 0 Å². The number of nitrogens with zero attached hydrogens (tertiary/aromatic N) is 1. The predicted octanol–water partition coefficient (Wildman–Crippen LogP) is 4.43. The number of methoxy groups -OCH3 is 2. The van der Waals surface area contributed by atoms with E-state index in [0.29, 0.717) is 6.04 Å². The van der Waals surface area contributed by atoms with Crippen molar-refractivity contribution in [2.45, 2.75) is 37.5 Å². The molecule has 2 N–H and O–H groups in total. The van der Waals surface area contributed by atoms with E-state index in [4.69, 9.17) is 9.47 Å². The standard InChI is InChI=1S/C23H26BrN3O2/c1-28-19-11-10-16(12-20(19)29-2)18-13-17(14-8-9-14)25-23-21(24)22(26-27(18)23)15-6-4-3-5-7-15/h3-7,10-12,14,17-18,23,25-26H,8-9,13H2,1-2H3. The highest BCUT2D eigenvalue weighted by Crippen LogP contribution is 2.46. The van der Waals surface area contributed by atoms with Gasteiger partial charge in [0.15, 0.2) is 11.5 Å². The number of hydrogen-bond donors (Lipinski definition) is 2.